The Morgan fingerprint density at radius 1 is 0.518 bits per heavy atom. The molecule has 2 aliphatic rings. The lowest BCUT2D eigenvalue weighted by Crippen LogP contribution is -2.44. The zero-order chi connectivity index (χ0) is 39.5. The highest BCUT2D eigenvalue weighted by molar-refractivity contribution is 9.10. The maximum absolute atomic E-state index is 12.9. The Labute approximate surface area is 347 Å². The molecule has 0 spiro atoms. The van der Waals surface area contributed by atoms with Gasteiger partial charge in [0.05, 0.1) is 22.8 Å². The number of piperidine rings is 2. The van der Waals surface area contributed by atoms with Gasteiger partial charge in [0.2, 0.25) is 0 Å². The summed E-state index contributed by atoms with van der Waals surface area (Å²) in [5.74, 6) is 0. The quantitative estimate of drug-likeness (QED) is 0.153. The molecule has 56 heavy (non-hydrogen) atoms. The summed E-state index contributed by atoms with van der Waals surface area (Å²) in [6.07, 6.45) is 4.71. The summed E-state index contributed by atoms with van der Waals surface area (Å²) >= 11 is 7.14. The minimum atomic E-state index is -0.00784. The van der Waals surface area contributed by atoms with Crippen LogP contribution in [0.3, 0.4) is 0 Å². The molecule has 0 saturated carbocycles. The Balaban J connectivity index is 0.000000172. The van der Waals surface area contributed by atoms with Crippen molar-refractivity contribution in [1.82, 2.24) is 28.5 Å². The molecule has 0 amide bonds. The monoisotopic (exact) mass is 878 g/mol. The molecule has 4 heterocycles. The van der Waals surface area contributed by atoms with Crippen LogP contribution < -0.4 is 11.1 Å². The van der Waals surface area contributed by atoms with Gasteiger partial charge in [-0.3, -0.25) is 28.8 Å². The van der Waals surface area contributed by atoms with Gasteiger partial charge in [-0.15, -0.1) is 0 Å². The number of aromatic nitrogens is 4. The molecule has 6 aromatic rings. The molecular formula is C46H52Br2N6O2. The van der Waals surface area contributed by atoms with Crippen molar-refractivity contribution < 1.29 is 0 Å². The van der Waals surface area contributed by atoms with E-state index < -0.39 is 0 Å². The maximum atomic E-state index is 12.9. The molecule has 0 radical (unpaired) electrons. The van der Waals surface area contributed by atoms with Crippen molar-refractivity contribution in [2.45, 2.75) is 63.5 Å². The van der Waals surface area contributed by atoms with E-state index in [-0.39, 0.29) is 21.9 Å². The topological polar surface area (TPSA) is 60.3 Å². The fraction of sp³-hybridized carbons (Fsp3) is 0.348. The summed E-state index contributed by atoms with van der Waals surface area (Å²) in [6.45, 7) is 10.3. The molecule has 2 unspecified atom stereocenters. The molecule has 0 N–H and O–H groups in total. The zero-order valence-corrected chi connectivity index (χ0v) is 36.0. The third-order valence-corrected chi connectivity index (χ3v) is 13.5. The minimum absolute atomic E-state index is 0.00784. The molecule has 2 fully saturated rings. The summed E-state index contributed by atoms with van der Waals surface area (Å²) in [5.41, 5.74) is 6.88. The highest BCUT2D eigenvalue weighted by atomic mass is 79.9. The lowest BCUT2D eigenvalue weighted by molar-refractivity contribution is 0.146. The van der Waals surface area contributed by atoms with E-state index in [0.717, 1.165) is 74.9 Å². The maximum Gasteiger partial charge on any atom is 0.286 e. The van der Waals surface area contributed by atoms with Crippen LogP contribution in [0.2, 0.25) is 0 Å². The number of hydrogen-bond acceptors (Lipinski definition) is 4. The zero-order valence-electron chi connectivity index (χ0n) is 32.9. The van der Waals surface area contributed by atoms with Crippen LogP contribution in [-0.2, 0) is 38.0 Å². The predicted octanol–water partition coefficient (Wildman–Crippen LogP) is 8.98. The highest BCUT2D eigenvalue weighted by Crippen LogP contribution is 2.36. The van der Waals surface area contributed by atoms with Gasteiger partial charge in [-0.25, -0.2) is 9.36 Å². The Hall–Kier alpha value is -4.22. The second-order valence-electron chi connectivity index (χ2n) is 16.0. The Morgan fingerprint density at radius 2 is 0.839 bits per heavy atom. The van der Waals surface area contributed by atoms with Gasteiger partial charge in [0.1, 0.15) is 8.95 Å². The number of hydrogen-bond donors (Lipinski definition) is 0. The first-order valence-corrected chi connectivity index (χ1v) is 21.2. The van der Waals surface area contributed by atoms with Crippen LogP contribution in [0.15, 0.2) is 140 Å². The lowest BCUT2D eigenvalue weighted by atomic mass is 9.76. The standard InChI is InChI=1S/2C23H26BrN3O/c2*1-23(18-10-5-3-6-11-18)14-9-15-26(17-23)16-20-21(24)22(28)27(25(20)2)19-12-7-4-8-13-19/h2*3-8,10-13H,9,14-17H2,1-2H3. The van der Waals surface area contributed by atoms with Crippen LogP contribution in [0, 0.1) is 0 Å². The summed E-state index contributed by atoms with van der Waals surface area (Å²) in [5, 5.41) is 0. The van der Waals surface area contributed by atoms with Crippen LogP contribution >= 0.6 is 31.9 Å². The molecule has 4 aromatic carbocycles. The number of benzene rings is 4. The van der Waals surface area contributed by atoms with Gasteiger partial charge in [-0.05, 0) is 106 Å². The van der Waals surface area contributed by atoms with Gasteiger partial charge >= 0.3 is 0 Å². The third kappa shape index (κ3) is 8.26. The number of para-hydroxylation sites is 2. The summed E-state index contributed by atoms with van der Waals surface area (Å²) in [7, 11) is 3.93. The fourth-order valence-corrected chi connectivity index (χ4v) is 9.93. The molecule has 0 aliphatic carbocycles. The first kappa shape index (κ1) is 40.0. The van der Waals surface area contributed by atoms with E-state index in [1.807, 2.05) is 84.1 Å². The second kappa shape index (κ2) is 17.1. The number of halogens is 2. The van der Waals surface area contributed by atoms with Gasteiger partial charge in [0, 0.05) is 51.1 Å². The average Bonchev–Trinajstić information content (AvgIpc) is 3.56. The van der Waals surface area contributed by atoms with Crippen LogP contribution in [0.5, 0.6) is 0 Å². The van der Waals surface area contributed by atoms with Crippen molar-refractivity contribution in [3.05, 3.63) is 173 Å². The van der Waals surface area contributed by atoms with Crippen molar-refractivity contribution in [1.29, 1.82) is 0 Å². The van der Waals surface area contributed by atoms with Crippen molar-refractivity contribution in [2.24, 2.45) is 14.1 Å². The van der Waals surface area contributed by atoms with E-state index >= 15 is 0 Å². The second-order valence-corrected chi connectivity index (χ2v) is 17.5. The summed E-state index contributed by atoms with van der Waals surface area (Å²) in [6, 6.07) is 41.2. The van der Waals surface area contributed by atoms with E-state index in [0.29, 0.717) is 8.95 Å². The first-order chi connectivity index (χ1) is 27.0. The minimum Gasteiger partial charge on any atom is -0.297 e. The van der Waals surface area contributed by atoms with E-state index in [9.17, 15) is 9.59 Å². The third-order valence-electron chi connectivity index (χ3n) is 11.9. The largest absolute Gasteiger partial charge is 0.297 e. The SMILES string of the molecule is Cn1c(CN2CCCC(C)(c3ccccc3)C2)c(Br)c(=O)n1-c1ccccc1.Cn1c(CN2CCCC(C)(c3ccccc3)C2)c(Br)c(=O)n1-c1ccccc1. The number of nitrogens with zero attached hydrogens (tertiary/aromatic N) is 6. The molecule has 10 heteroatoms. The Bertz CT molecular complexity index is 2190. The van der Waals surface area contributed by atoms with Gasteiger partial charge < -0.3 is 0 Å². The number of likely N-dealkylation sites (tertiary alicyclic amines) is 2. The summed E-state index contributed by atoms with van der Waals surface area (Å²) < 4.78 is 8.75. The molecule has 2 aliphatic heterocycles. The lowest BCUT2D eigenvalue weighted by Gasteiger charge is -2.41. The number of rotatable bonds is 8. The van der Waals surface area contributed by atoms with Crippen LogP contribution in [0.4, 0.5) is 0 Å². The molecule has 0 bridgehead atoms. The molecule has 292 valence electrons. The molecule has 2 atom stereocenters. The van der Waals surface area contributed by atoms with E-state index in [2.05, 4.69) is 116 Å². The molecule has 8 nitrogen and oxygen atoms in total. The van der Waals surface area contributed by atoms with Gasteiger partial charge in [0.15, 0.2) is 0 Å². The average molecular weight is 881 g/mol. The van der Waals surface area contributed by atoms with Crippen LogP contribution in [0.25, 0.3) is 11.4 Å². The van der Waals surface area contributed by atoms with Gasteiger partial charge in [0.25, 0.3) is 11.1 Å². The highest BCUT2D eigenvalue weighted by Gasteiger charge is 2.35. The van der Waals surface area contributed by atoms with Crippen molar-refractivity contribution in [3.63, 3.8) is 0 Å². The van der Waals surface area contributed by atoms with Crippen molar-refractivity contribution in [2.75, 3.05) is 26.2 Å². The van der Waals surface area contributed by atoms with Crippen LogP contribution in [0.1, 0.15) is 62.0 Å². The Morgan fingerprint density at radius 3 is 1.18 bits per heavy atom. The summed E-state index contributed by atoms with van der Waals surface area (Å²) in [4.78, 5) is 30.7. The molecular weight excluding hydrogens is 828 g/mol. The van der Waals surface area contributed by atoms with Crippen LogP contribution in [-0.4, -0.2) is 54.7 Å². The molecule has 2 aromatic heterocycles. The van der Waals surface area contributed by atoms with Gasteiger partial charge in [-0.2, -0.15) is 0 Å². The van der Waals surface area contributed by atoms with E-state index in [4.69, 9.17) is 0 Å². The van der Waals surface area contributed by atoms with E-state index in [1.54, 1.807) is 9.36 Å². The molecule has 8 rings (SSSR count). The smallest absolute Gasteiger partial charge is 0.286 e. The predicted molar refractivity (Wildman–Crippen MR) is 234 cm³/mol. The van der Waals surface area contributed by atoms with E-state index in [1.165, 1.54) is 24.0 Å². The van der Waals surface area contributed by atoms with Gasteiger partial charge in [-0.1, -0.05) is 111 Å². The van der Waals surface area contributed by atoms with Crippen molar-refractivity contribution in [3.8, 4) is 11.4 Å². The first-order valence-electron chi connectivity index (χ1n) is 19.6. The van der Waals surface area contributed by atoms with Crippen molar-refractivity contribution >= 4 is 31.9 Å². The normalized spacial score (nSPS) is 20.4. The molecule has 2 saturated heterocycles. The fourth-order valence-electron chi connectivity index (χ4n) is 8.83. The Kier molecular flexibility index (Phi) is 12.2.